The lowest BCUT2D eigenvalue weighted by Gasteiger charge is -2.34. The zero-order valence-electron chi connectivity index (χ0n) is 17.1. The van der Waals surface area contributed by atoms with Crippen molar-refractivity contribution in [2.45, 2.75) is 24.5 Å². The molecule has 168 valence electrons. The number of piperazine rings is 1. The molecule has 0 aliphatic carbocycles. The van der Waals surface area contributed by atoms with E-state index < -0.39 is 21.8 Å². The van der Waals surface area contributed by atoms with Crippen molar-refractivity contribution in [2.24, 2.45) is 0 Å². The van der Waals surface area contributed by atoms with Crippen LogP contribution in [0.25, 0.3) is 0 Å². The number of halogens is 3. The quantitative estimate of drug-likeness (QED) is 0.624. The molecule has 0 N–H and O–H groups in total. The third-order valence-corrected chi connectivity index (χ3v) is 7.11. The second kappa shape index (κ2) is 8.97. The van der Waals surface area contributed by atoms with Crippen LogP contribution < -0.4 is 4.74 Å². The van der Waals surface area contributed by atoms with E-state index >= 15 is 0 Å². The molecule has 1 fully saturated rings. The smallest absolute Gasteiger partial charge is 0.416 e. The maximum Gasteiger partial charge on any atom is 0.416 e. The van der Waals surface area contributed by atoms with Gasteiger partial charge in [-0.3, -0.25) is 9.69 Å². The van der Waals surface area contributed by atoms with E-state index in [0.717, 1.165) is 17.7 Å². The predicted molar refractivity (Wildman–Crippen MR) is 108 cm³/mol. The molecule has 2 aromatic rings. The van der Waals surface area contributed by atoms with Gasteiger partial charge in [-0.15, -0.1) is 0 Å². The number of methoxy groups -OCH3 is 1. The maximum absolute atomic E-state index is 13.0. The Morgan fingerprint density at radius 2 is 1.74 bits per heavy atom. The van der Waals surface area contributed by atoms with Crippen LogP contribution in [-0.2, 0) is 22.7 Å². The van der Waals surface area contributed by atoms with Crippen molar-refractivity contribution in [3.05, 3.63) is 59.2 Å². The van der Waals surface area contributed by atoms with Crippen LogP contribution in [0, 0.1) is 0 Å². The predicted octanol–water partition coefficient (Wildman–Crippen LogP) is 3.42. The molecule has 2 aromatic carbocycles. The van der Waals surface area contributed by atoms with Crippen molar-refractivity contribution in [1.82, 2.24) is 9.21 Å². The molecule has 1 aliphatic rings. The highest BCUT2D eigenvalue weighted by Crippen LogP contribution is 2.31. The molecule has 1 heterocycles. The fraction of sp³-hybridized carbons (Fsp3) is 0.381. The largest absolute Gasteiger partial charge is 0.496 e. The van der Waals surface area contributed by atoms with Crippen LogP contribution in [0.1, 0.15) is 28.4 Å². The lowest BCUT2D eigenvalue weighted by molar-refractivity contribution is -0.137. The van der Waals surface area contributed by atoms with Gasteiger partial charge in [-0.05, 0) is 43.3 Å². The van der Waals surface area contributed by atoms with Gasteiger partial charge in [0.2, 0.25) is 10.0 Å². The normalized spacial score (nSPS) is 16.3. The van der Waals surface area contributed by atoms with Crippen molar-refractivity contribution in [1.29, 1.82) is 0 Å². The summed E-state index contributed by atoms with van der Waals surface area (Å²) in [5.41, 5.74) is 0.371. The first-order valence-corrected chi connectivity index (χ1v) is 11.0. The Labute approximate surface area is 179 Å². The van der Waals surface area contributed by atoms with Gasteiger partial charge in [-0.25, -0.2) is 8.42 Å². The van der Waals surface area contributed by atoms with Crippen molar-refractivity contribution in [3.63, 3.8) is 0 Å². The van der Waals surface area contributed by atoms with Crippen molar-refractivity contribution >= 4 is 15.8 Å². The molecule has 0 unspecified atom stereocenters. The van der Waals surface area contributed by atoms with E-state index in [0.29, 0.717) is 37.0 Å². The third kappa shape index (κ3) is 5.25. The van der Waals surface area contributed by atoms with Crippen LogP contribution in [0.5, 0.6) is 5.75 Å². The molecule has 0 radical (unpaired) electrons. The summed E-state index contributed by atoms with van der Waals surface area (Å²) < 4.78 is 71.1. The van der Waals surface area contributed by atoms with Gasteiger partial charge >= 0.3 is 6.18 Å². The third-order valence-electron chi connectivity index (χ3n) is 5.21. The maximum atomic E-state index is 13.0. The number of hydrogen-bond donors (Lipinski definition) is 0. The van der Waals surface area contributed by atoms with E-state index in [9.17, 15) is 26.4 Å². The number of rotatable bonds is 6. The van der Waals surface area contributed by atoms with E-state index in [-0.39, 0.29) is 23.8 Å². The van der Waals surface area contributed by atoms with E-state index in [1.54, 1.807) is 18.2 Å². The minimum Gasteiger partial charge on any atom is -0.496 e. The molecule has 1 saturated heterocycles. The SMILES string of the molecule is COc1ccc(C(C)=O)cc1CN1CCN(S(=O)(=O)c2cccc(C(F)(F)F)c2)CC1. The molecule has 0 spiro atoms. The van der Waals surface area contributed by atoms with Gasteiger partial charge in [0.15, 0.2) is 5.78 Å². The van der Waals surface area contributed by atoms with Crippen LogP contribution >= 0.6 is 0 Å². The van der Waals surface area contributed by atoms with Gasteiger partial charge in [0, 0.05) is 43.9 Å². The van der Waals surface area contributed by atoms with Crippen molar-refractivity contribution in [2.75, 3.05) is 33.3 Å². The second-order valence-electron chi connectivity index (χ2n) is 7.29. The topological polar surface area (TPSA) is 66.9 Å². The summed E-state index contributed by atoms with van der Waals surface area (Å²) in [5.74, 6) is 0.560. The Hall–Kier alpha value is -2.43. The van der Waals surface area contributed by atoms with Gasteiger partial charge in [-0.2, -0.15) is 17.5 Å². The van der Waals surface area contributed by atoms with Crippen LogP contribution in [-0.4, -0.2) is 56.7 Å². The first kappa shape index (κ1) is 23.2. The Morgan fingerprint density at radius 3 is 2.32 bits per heavy atom. The summed E-state index contributed by atoms with van der Waals surface area (Å²) >= 11 is 0. The summed E-state index contributed by atoms with van der Waals surface area (Å²) in [4.78, 5) is 13.3. The minimum atomic E-state index is -4.61. The Morgan fingerprint density at radius 1 is 1.06 bits per heavy atom. The number of benzene rings is 2. The lowest BCUT2D eigenvalue weighted by atomic mass is 10.1. The fourth-order valence-electron chi connectivity index (χ4n) is 3.47. The summed E-state index contributed by atoms with van der Waals surface area (Å²) in [6, 6.07) is 8.95. The van der Waals surface area contributed by atoms with Crippen molar-refractivity contribution in [3.8, 4) is 5.75 Å². The molecular weight excluding hydrogens is 433 g/mol. The molecule has 0 atom stereocenters. The molecule has 1 aliphatic heterocycles. The minimum absolute atomic E-state index is 0.0686. The fourth-order valence-corrected chi connectivity index (χ4v) is 4.94. The van der Waals surface area contributed by atoms with Crippen LogP contribution in [0.15, 0.2) is 47.4 Å². The number of nitrogens with zero attached hydrogens (tertiary/aromatic N) is 2. The number of Topliss-reactive ketones (excluding diaryl/α,β-unsaturated/α-hetero) is 1. The van der Waals surface area contributed by atoms with Gasteiger partial charge in [0.05, 0.1) is 17.6 Å². The highest BCUT2D eigenvalue weighted by atomic mass is 32.2. The first-order chi connectivity index (χ1) is 14.5. The molecule has 3 rings (SSSR count). The van der Waals surface area contributed by atoms with Gasteiger partial charge in [0.1, 0.15) is 5.75 Å². The van der Waals surface area contributed by atoms with Gasteiger partial charge < -0.3 is 4.74 Å². The monoisotopic (exact) mass is 456 g/mol. The highest BCUT2D eigenvalue weighted by molar-refractivity contribution is 7.89. The summed E-state index contributed by atoms with van der Waals surface area (Å²) in [6.07, 6.45) is -4.61. The van der Waals surface area contributed by atoms with E-state index in [2.05, 4.69) is 0 Å². The van der Waals surface area contributed by atoms with Crippen LogP contribution in [0.3, 0.4) is 0 Å². The highest BCUT2D eigenvalue weighted by Gasteiger charge is 2.34. The zero-order valence-corrected chi connectivity index (χ0v) is 18.0. The molecule has 10 heteroatoms. The Kier molecular flexibility index (Phi) is 6.73. The number of ether oxygens (including phenoxy) is 1. The summed E-state index contributed by atoms with van der Waals surface area (Å²) in [5, 5.41) is 0. The van der Waals surface area contributed by atoms with Gasteiger partial charge in [-0.1, -0.05) is 6.07 Å². The Balaban J connectivity index is 1.71. The van der Waals surface area contributed by atoms with Crippen molar-refractivity contribution < 1.29 is 31.1 Å². The summed E-state index contributed by atoms with van der Waals surface area (Å²) in [6.45, 7) is 3.02. The van der Waals surface area contributed by atoms with E-state index in [1.165, 1.54) is 24.4 Å². The average molecular weight is 456 g/mol. The molecule has 0 amide bonds. The molecule has 31 heavy (non-hydrogen) atoms. The second-order valence-corrected chi connectivity index (χ2v) is 9.23. The number of carbonyl (C=O) groups excluding carboxylic acids is 1. The molecule has 6 nitrogen and oxygen atoms in total. The average Bonchev–Trinajstić information content (AvgIpc) is 2.73. The van der Waals surface area contributed by atoms with Crippen LogP contribution in [0.4, 0.5) is 13.2 Å². The summed E-state index contributed by atoms with van der Waals surface area (Å²) in [7, 11) is -2.50. The lowest BCUT2D eigenvalue weighted by Crippen LogP contribution is -2.48. The molecule has 0 aromatic heterocycles. The number of ketones is 1. The molecular formula is C21H23F3N2O4S. The molecule has 0 saturated carbocycles. The zero-order chi connectivity index (χ0) is 22.8. The standard InChI is InChI=1S/C21H23F3N2O4S/c1-15(27)16-6-7-20(30-2)17(12-16)14-25-8-10-26(11-9-25)31(28,29)19-5-3-4-18(13-19)21(22,23)24/h3-7,12-13H,8-11,14H2,1-2H3. The first-order valence-electron chi connectivity index (χ1n) is 9.60. The number of alkyl halides is 3. The molecule has 0 bridgehead atoms. The van der Waals surface area contributed by atoms with E-state index in [1.807, 2.05) is 4.90 Å². The van der Waals surface area contributed by atoms with E-state index in [4.69, 9.17) is 4.74 Å². The Bertz CT molecular complexity index is 1060. The van der Waals surface area contributed by atoms with Gasteiger partial charge in [0.25, 0.3) is 0 Å². The van der Waals surface area contributed by atoms with Crippen LogP contribution in [0.2, 0.25) is 0 Å². The number of carbonyl (C=O) groups is 1. The number of sulfonamides is 1. The number of hydrogen-bond acceptors (Lipinski definition) is 5.